The van der Waals surface area contributed by atoms with Crippen molar-refractivity contribution in [3.8, 4) is 0 Å². The van der Waals surface area contributed by atoms with Crippen LogP contribution in [0, 0.1) is 6.92 Å². The minimum absolute atomic E-state index is 0.0818. The number of ether oxygens (including phenoxy) is 1. The number of amides is 1. The first-order valence-electron chi connectivity index (χ1n) is 8.44. The van der Waals surface area contributed by atoms with E-state index in [4.69, 9.17) is 9.15 Å². The molecule has 0 radical (unpaired) electrons. The van der Waals surface area contributed by atoms with Gasteiger partial charge in [0, 0.05) is 31.6 Å². The zero-order valence-electron chi connectivity index (χ0n) is 14.1. The summed E-state index contributed by atoms with van der Waals surface area (Å²) >= 11 is 0. The highest BCUT2D eigenvalue weighted by molar-refractivity contribution is 5.80. The number of hydrogen-bond acceptors (Lipinski definition) is 5. The van der Waals surface area contributed by atoms with Gasteiger partial charge in [-0.2, -0.15) is 0 Å². The molecule has 0 spiro atoms. The number of fused-ring (bicyclic) bond motifs is 1. The van der Waals surface area contributed by atoms with Crippen LogP contribution in [0.25, 0.3) is 10.9 Å². The lowest BCUT2D eigenvalue weighted by Crippen LogP contribution is -2.43. The van der Waals surface area contributed by atoms with Gasteiger partial charge in [0.15, 0.2) is 0 Å². The van der Waals surface area contributed by atoms with Crippen LogP contribution in [0.5, 0.6) is 0 Å². The summed E-state index contributed by atoms with van der Waals surface area (Å²) in [6.07, 6.45) is 3.07. The normalized spacial score (nSPS) is 18.0. The van der Waals surface area contributed by atoms with Gasteiger partial charge in [0.25, 0.3) is 0 Å². The summed E-state index contributed by atoms with van der Waals surface area (Å²) in [7, 11) is 0. The Morgan fingerprint density at radius 3 is 3.12 bits per heavy atom. The molecule has 3 heterocycles. The minimum atomic E-state index is -0.297. The molecular weight excluding hydrogens is 320 g/mol. The maximum atomic E-state index is 12.7. The number of morpholine rings is 1. The highest BCUT2D eigenvalue weighted by atomic mass is 16.5. The van der Waals surface area contributed by atoms with Gasteiger partial charge in [-0.1, -0.05) is 6.07 Å². The van der Waals surface area contributed by atoms with Gasteiger partial charge >= 0.3 is 0 Å². The van der Waals surface area contributed by atoms with Crippen molar-refractivity contribution < 1.29 is 13.9 Å². The molecule has 1 aliphatic heterocycles. The molecule has 1 aromatic carbocycles. The number of carbonyl (C=O) groups is 1. The summed E-state index contributed by atoms with van der Waals surface area (Å²) < 4.78 is 11.0. The standard InChI is InChI=1S/C18H20N4O3/c1-12-20-21-18(25-12)16-11-24-9-8-22(16)17(23)5-3-13-2-4-15-14(10-13)6-7-19-15/h2,4,6-7,10,16,19H,3,5,8-9,11H2,1H3. The average molecular weight is 340 g/mol. The zero-order valence-corrected chi connectivity index (χ0v) is 14.1. The van der Waals surface area contributed by atoms with Crippen molar-refractivity contribution in [1.82, 2.24) is 20.1 Å². The fourth-order valence-corrected chi connectivity index (χ4v) is 3.21. The van der Waals surface area contributed by atoms with Crippen LogP contribution in [-0.4, -0.2) is 45.7 Å². The Balaban J connectivity index is 1.45. The summed E-state index contributed by atoms with van der Waals surface area (Å²) in [6, 6.07) is 7.97. The van der Waals surface area contributed by atoms with E-state index in [-0.39, 0.29) is 11.9 Å². The maximum absolute atomic E-state index is 12.7. The molecule has 4 rings (SSSR count). The van der Waals surface area contributed by atoms with Crippen molar-refractivity contribution >= 4 is 16.8 Å². The summed E-state index contributed by atoms with van der Waals surface area (Å²) in [5, 5.41) is 9.08. The molecule has 7 nitrogen and oxygen atoms in total. The Labute approximate surface area is 145 Å². The largest absolute Gasteiger partial charge is 0.423 e. The highest BCUT2D eigenvalue weighted by Crippen LogP contribution is 2.24. The fraction of sp³-hybridized carbons (Fsp3) is 0.389. The van der Waals surface area contributed by atoms with Crippen LogP contribution in [0.15, 0.2) is 34.9 Å². The molecule has 1 fully saturated rings. The van der Waals surface area contributed by atoms with Crippen molar-refractivity contribution in [3.05, 3.63) is 47.8 Å². The molecule has 3 aromatic rings. The smallest absolute Gasteiger partial charge is 0.241 e. The van der Waals surface area contributed by atoms with Crippen LogP contribution in [0.2, 0.25) is 0 Å². The summed E-state index contributed by atoms with van der Waals surface area (Å²) in [5.41, 5.74) is 2.26. The molecule has 2 aromatic heterocycles. The molecule has 130 valence electrons. The van der Waals surface area contributed by atoms with E-state index in [0.717, 1.165) is 16.5 Å². The Hall–Kier alpha value is -2.67. The fourth-order valence-electron chi connectivity index (χ4n) is 3.21. The number of hydrogen-bond donors (Lipinski definition) is 1. The first kappa shape index (κ1) is 15.8. The van der Waals surface area contributed by atoms with Crippen molar-refractivity contribution in [3.63, 3.8) is 0 Å². The van der Waals surface area contributed by atoms with Gasteiger partial charge in [0.05, 0.1) is 13.2 Å². The van der Waals surface area contributed by atoms with Gasteiger partial charge in [-0.3, -0.25) is 4.79 Å². The van der Waals surface area contributed by atoms with E-state index < -0.39 is 0 Å². The number of aryl methyl sites for hydroxylation is 2. The number of aromatic amines is 1. The predicted molar refractivity (Wildman–Crippen MR) is 90.9 cm³/mol. The molecule has 7 heteroatoms. The van der Waals surface area contributed by atoms with Crippen molar-refractivity contribution in [2.45, 2.75) is 25.8 Å². The van der Waals surface area contributed by atoms with Crippen LogP contribution in [0.3, 0.4) is 0 Å². The van der Waals surface area contributed by atoms with Crippen LogP contribution < -0.4 is 0 Å². The number of aromatic nitrogens is 3. The molecule has 1 unspecified atom stereocenters. The number of nitrogens with zero attached hydrogens (tertiary/aromatic N) is 3. The second-order valence-corrected chi connectivity index (χ2v) is 6.24. The van der Waals surface area contributed by atoms with E-state index in [1.807, 2.05) is 18.3 Å². The minimum Gasteiger partial charge on any atom is -0.423 e. The zero-order chi connectivity index (χ0) is 17.2. The number of nitrogens with one attached hydrogen (secondary N) is 1. The molecule has 1 saturated heterocycles. The van der Waals surface area contributed by atoms with Crippen LogP contribution >= 0.6 is 0 Å². The molecule has 0 bridgehead atoms. The maximum Gasteiger partial charge on any atom is 0.241 e. The first-order chi connectivity index (χ1) is 12.2. The van der Waals surface area contributed by atoms with E-state index in [2.05, 4.69) is 27.3 Å². The Kier molecular flexibility index (Phi) is 4.23. The second kappa shape index (κ2) is 6.68. The molecule has 0 saturated carbocycles. The van der Waals surface area contributed by atoms with E-state index >= 15 is 0 Å². The van der Waals surface area contributed by atoms with Gasteiger partial charge in [-0.15, -0.1) is 10.2 Å². The van der Waals surface area contributed by atoms with E-state index in [1.54, 1.807) is 11.8 Å². The monoisotopic (exact) mass is 340 g/mol. The van der Waals surface area contributed by atoms with Crippen LogP contribution in [0.1, 0.15) is 29.8 Å². The van der Waals surface area contributed by atoms with Crippen molar-refractivity contribution in [2.24, 2.45) is 0 Å². The van der Waals surface area contributed by atoms with E-state index in [9.17, 15) is 4.79 Å². The number of H-pyrrole nitrogens is 1. The van der Waals surface area contributed by atoms with Crippen LogP contribution in [-0.2, 0) is 16.0 Å². The lowest BCUT2D eigenvalue weighted by molar-refractivity contribution is -0.141. The third-order valence-electron chi connectivity index (χ3n) is 4.52. The lowest BCUT2D eigenvalue weighted by atomic mass is 10.1. The third kappa shape index (κ3) is 3.28. The Morgan fingerprint density at radius 1 is 1.36 bits per heavy atom. The number of benzene rings is 1. The molecule has 1 N–H and O–H groups in total. The highest BCUT2D eigenvalue weighted by Gasteiger charge is 2.32. The molecule has 1 amide bonds. The lowest BCUT2D eigenvalue weighted by Gasteiger charge is -2.33. The quantitative estimate of drug-likeness (QED) is 0.788. The predicted octanol–water partition coefficient (Wildman–Crippen LogP) is 2.39. The summed E-state index contributed by atoms with van der Waals surface area (Å²) in [6.45, 7) is 3.21. The second-order valence-electron chi connectivity index (χ2n) is 6.24. The molecule has 0 aliphatic carbocycles. The van der Waals surface area contributed by atoms with Gasteiger partial charge < -0.3 is 19.0 Å². The molecule has 1 atom stereocenters. The molecular formula is C18H20N4O3. The van der Waals surface area contributed by atoms with E-state index in [1.165, 1.54) is 0 Å². The van der Waals surface area contributed by atoms with Gasteiger partial charge in [0.1, 0.15) is 6.04 Å². The summed E-state index contributed by atoms with van der Waals surface area (Å²) in [4.78, 5) is 17.7. The summed E-state index contributed by atoms with van der Waals surface area (Å²) in [5.74, 6) is 1.02. The van der Waals surface area contributed by atoms with Crippen molar-refractivity contribution in [1.29, 1.82) is 0 Å². The third-order valence-corrected chi connectivity index (χ3v) is 4.52. The SMILES string of the molecule is Cc1nnc(C2COCCN2C(=O)CCc2ccc3[nH]ccc3c2)o1. The topological polar surface area (TPSA) is 84.3 Å². The van der Waals surface area contributed by atoms with Gasteiger partial charge in [-0.05, 0) is 35.6 Å². The Morgan fingerprint density at radius 2 is 2.28 bits per heavy atom. The first-order valence-corrected chi connectivity index (χ1v) is 8.44. The Bertz CT molecular complexity index is 885. The van der Waals surface area contributed by atoms with Crippen LogP contribution in [0.4, 0.5) is 0 Å². The average Bonchev–Trinajstić information content (AvgIpc) is 3.28. The van der Waals surface area contributed by atoms with E-state index in [0.29, 0.717) is 44.4 Å². The van der Waals surface area contributed by atoms with Gasteiger partial charge in [0.2, 0.25) is 17.7 Å². The molecule has 1 aliphatic rings. The van der Waals surface area contributed by atoms with Crippen molar-refractivity contribution in [2.75, 3.05) is 19.8 Å². The number of rotatable bonds is 4. The number of carbonyl (C=O) groups excluding carboxylic acids is 1. The van der Waals surface area contributed by atoms with Gasteiger partial charge in [-0.25, -0.2) is 0 Å². The molecule has 25 heavy (non-hydrogen) atoms.